The highest BCUT2D eigenvalue weighted by atomic mass is 35.5. The van der Waals surface area contributed by atoms with E-state index in [0.29, 0.717) is 11.8 Å². The Labute approximate surface area is 115 Å². The highest BCUT2D eigenvalue weighted by Gasteiger charge is 2.04. The normalized spacial score (nSPS) is 10.9. The highest BCUT2D eigenvalue weighted by molar-refractivity contribution is 6.17. The zero-order valence-corrected chi connectivity index (χ0v) is 12.0. The third kappa shape index (κ3) is 2.76. The van der Waals surface area contributed by atoms with Crippen LogP contribution in [0.2, 0.25) is 0 Å². The minimum Gasteiger partial charge on any atom is -0.122 e. The molecule has 0 saturated heterocycles. The van der Waals surface area contributed by atoms with Crippen LogP contribution < -0.4 is 0 Å². The van der Waals surface area contributed by atoms with Gasteiger partial charge in [0.1, 0.15) is 0 Å². The molecule has 0 fully saturated rings. The summed E-state index contributed by atoms with van der Waals surface area (Å²) in [6, 6.07) is 15.3. The van der Waals surface area contributed by atoms with Crippen LogP contribution in [0, 0.1) is 6.92 Å². The minimum absolute atomic E-state index is 0.567. The van der Waals surface area contributed by atoms with E-state index in [0.717, 1.165) is 0 Å². The number of benzene rings is 2. The van der Waals surface area contributed by atoms with E-state index in [2.05, 4.69) is 63.2 Å². The molecular weight excluding hydrogens is 240 g/mol. The van der Waals surface area contributed by atoms with E-state index in [1.807, 2.05) is 0 Å². The van der Waals surface area contributed by atoms with Gasteiger partial charge in [0.25, 0.3) is 0 Å². The summed E-state index contributed by atoms with van der Waals surface area (Å²) in [4.78, 5) is 0. The van der Waals surface area contributed by atoms with Gasteiger partial charge < -0.3 is 0 Å². The third-order valence-corrected chi connectivity index (χ3v) is 3.65. The standard InChI is InChI=1S/C17H19Cl/c1-12(2)15-6-8-16(9-7-15)17-10-14(11-18)5-4-13(17)3/h4-10,12H,11H2,1-3H3. The van der Waals surface area contributed by atoms with Gasteiger partial charge in [0, 0.05) is 5.88 Å². The summed E-state index contributed by atoms with van der Waals surface area (Å²) >= 11 is 5.91. The first kappa shape index (κ1) is 13.2. The Morgan fingerprint density at radius 3 is 2.22 bits per heavy atom. The lowest BCUT2D eigenvalue weighted by atomic mass is 9.95. The van der Waals surface area contributed by atoms with Crippen LogP contribution in [0.3, 0.4) is 0 Å². The van der Waals surface area contributed by atoms with Gasteiger partial charge in [0.15, 0.2) is 0 Å². The summed E-state index contributed by atoms with van der Waals surface area (Å²) in [6.07, 6.45) is 0. The highest BCUT2D eigenvalue weighted by Crippen LogP contribution is 2.27. The van der Waals surface area contributed by atoms with E-state index in [-0.39, 0.29) is 0 Å². The van der Waals surface area contributed by atoms with Crippen molar-refractivity contribution in [2.75, 3.05) is 0 Å². The largest absolute Gasteiger partial charge is 0.122 e. The smallest absolute Gasteiger partial charge is 0.0474 e. The molecular formula is C17H19Cl. The van der Waals surface area contributed by atoms with Crippen molar-refractivity contribution in [1.29, 1.82) is 0 Å². The fourth-order valence-corrected chi connectivity index (χ4v) is 2.28. The van der Waals surface area contributed by atoms with Crippen molar-refractivity contribution in [2.45, 2.75) is 32.6 Å². The molecule has 0 bridgehead atoms. The summed E-state index contributed by atoms with van der Waals surface area (Å²) in [5, 5.41) is 0. The van der Waals surface area contributed by atoms with E-state index in [4.69, 9.17) is 11.6 Å². The van der Waals surface area contributed by atoms with E-state index in [9.17, 15) is 0 Å². The number of hydrogen-bond acceptors (Lipinski definition) is 0. The summed E-state index contributed by atoms with van der Waals surface area (Å²) in [6.45, 7) is 6.58. The van der Waals surface area contributed by atoms with E-state index in [1.54, 1.807) is 0 Å². The van der Waals surface area contributed by atoms with Crippen LogP contribution in [-0.2, 0) is 5.88 Å². The number of hydrogen-bond donors (Lipinski definition) is 0. The second-order valence-electron chi connectivity index (χ2n) is 5.06. The molecule has 0 N–H and O–H groups in total. The Morgan fingerprint density at radius 2 is 1.67 bits per heavy atom. The minimum atomic E-state index is 0.567. The van der Waals surface area contributed by atoms with Crippen LogP contribution in [0.25, 0.3) is 11.1 Å². The fourth-order valence-electron chi connectivity index (χ4n) is 2.11. The molecule has 0 nitrogen and oxygen atoms in total. The number of rotatable bonds is 3. The Bertz CT molecular complexity index is 524. The number of alkyl halides is 1. The lowest BCUT2D eigenvalue weighted by molar-refractivity contribution is 0.867. The van der Waals surface area contributed by atoms with Crippen molar-refractivity contribution in [2.24, 2.45) is 0 Å². The zero-order valence-electron chi connectivity index (χ0n) is 11.2. The molecule has 2 aromatic rings. The van der Waals surface area contributed by atoms with E-state index < -0.39 is 0 Å². The zero-order chi connectivity index (χ0) is 13.1. The summed E-state index contributed by atoms with van der Waals surface area (Å²) in [7, 11) is 0. The molecule has 2 rings (SSSR count). The molecule has 0 spiro atoms. The molecule has 2 aromatic carbocycles. The first-order valence-electron chi connectivity index (χ1n) is 6.37. The molecule has 0 aliphatic carbocycles. The molecule has 0 aliphatic heterocycles. The van der Waals surface area contributed by atoms with Crippen molar-refractivity contribution >= 4 is 11.6 Å². The van der Waals surface area contributed by atoms with Gasteiger partial charge in [-0.15, -0.1) is 11.6 Å². The molecule has 0 aromatic heterocycles. The average molecular weight is 259 g/mol. The van der Waals surface area contributed by atoms with Crippen LogP contribution in [0.1, 0.15) is 36.5 Å². The van der Waals surface area contributed by atoms with Crippen LogP contribution in [0.5, 0.6) is 0 Å². The Hall–Kier alpha value is -1.27. The molecule has 1 heteroatoms. The Morgan fingerprint density at radius 1 is 1.00 bits per heavy atom. The van der Waals surface area contributed by atoms with E-state index >= 15 is 0 Å². The molecule has 0 unspecified atom stereocenters. The third-order valence-electron chi connectivity index (χ3n) is 3.34. The van der Waals surface area contributed by atoms with Gasteiger partial charge in [0.05, 0.1) is 0 Å². The fraction of sp³-hybridized carbons (Fsp3) is 0.294. The maximum absolute atomic E-state index is 5.91. The molecule has 0 heterocycles. The number of halogens is 1. The first-order valence-corrected chi connectivity index (χ1v) is 6.91. The predicted molar refractivity (Wildman–Crippen MR) is 80.3 cm³/mol. The van der Waals surface area contributed by atoms with E-state index in [1.165, 1.54) is 27.8 Å². The van der Waals surface area contributed by atoms with Gasteiger partial charge in [0.2, 0.25) is 0 Å². The monoisotopic (exact) mass is 258 g/mol. The van der Waals surface area contributed by atoms with Crippen molar-refractivity contribution in [3.63, 3.8) is 0 Å². The molecule has 18 heavy (non-hydrogen) atoms. The van der Waals surface area contributed by atoms with Gasteiger partial charge in [-0.05, 0) is 46.7 Å². The van der Waals surface area contributed by atoms with Gasteiger partial charge in [-0.1, -0.05) is 50.2 Å². The summed E-state index contributed by atoms with van der Waals surface area (Å²) in [5.41, 5.74) is 6.39. The van der Waals surface area contributed by atoms with Crippen LogP contribution >= 0.6 is 11.6 Å². The quantitative estimate of drug-likeness (QED) is 0.636. The lowest BCUT2D eigenvalue weighted by Gasteiger charge is -2.10. The van der Waals surface area contributed by atoms with Crippen LogP contribution in [0.15, 0.2) is 42.5 Å². The SMILES string of the molecule is Cc1ccc(CCl)cc1-c1ccc(C(C)C)cc1. The molecule has 94 valence electrons. The second-order valence-corrected chi connectivity index (χ2v) is 5.33. The van der Waals surface area contributed by atoms with Gasteiger partial charge >= 0.3 is 0 Å². The van der Waals surface area contributed by atoms with Crippen molar-refractivity contribution in [3.8, 4) is 11.1 Å². The molecule has 0 aliphatic rings. The lowest BCUT2D eigenvalue weighted by Crippen LogP contribution is -1.89. The summed E-state index contributed by atoms with van der Waals surface area (Å²) in [5.74, 6) is 1.14. The topological polar surface area (TPSA) is 0 Å². The second kappa shape index (κ2) is 5.58. The molecule has 0 atom stereocenters. The predicted octanol–water partition coefficient (Wildman–Crippen LogP) is 5.52. The summed E-state index contributed by atoms with van der Waals surface area (Å²) < 4.78 is 0. The van der Waals surface area contributed by atoms with Crippen LogP contribution in [-0.4, -0.2) is 0 Å². The van der Waals surface area contributed by atoms with Gasteiger partial charge in [-0.25, -0.2) is 0 Å². The Kier molecular flexibility index (Phi) is 4.08. The van der Waals surface area contributed by atoms with Gasteiger partial charge in [-0.2, -0.15) is 0 Å². The van der Waals surface area contributed by atoms with Crippen molar-refractivity contribution < 1.29 is 0 Å². The van der Waals surface area contributed by atoms with Crippen molar-refractivity contribution in [3.05, 3.63) is 59.2 Å². The first-order chi connectivity index (χ1) is 8.61. The molecule has 0 saturated carbocycles. The Balaban J connectivity index is 2.41. The number of aryl methyl sites for hydroxylation is 1. The molecule has 0 amide bonds. The maximum Gasteiger partial charge on any atom is 0.0474 e. The molecule has 0 radical (unpaired) electrons. The van der Waals surface area contributed by atoms with Crippen molar-refractivity contribution in [1.82, 2.24) is 0 Å². The van der Waals surface area contributed by atoms with Gasteiger partial charge in [-0.3, -0.25) is 0 Å². The van der Waals surface area contributed by atoms with Crippen LogP contribution in [0.4, 0.5) is 0 Å². The average Bonchev–Trinajstić information content (AvgIpc) is 2.39. The maximum atomic E-state index is 5.91.